The van der Waals surface area contributed by atoms with Gasteiger partial charge in [0, 0.05) is 6.54 Å². The lowest BCUT2D eigenvalue weighted by Crippen LogP contribution is -2.01. The molecular weight excluding hydrogens is 258 g/mol. The summed E-state index contributed by atoms with van der Waals surface area (Å²) in [6.45, 7) is 4.99. The van der Waals surface area contributed by atoms with E-state index in [0.29, 0.717) is 12.4 Å². The third-order valence-corrected chi connectivity index (χ3v) is 2.15. The van der Waals surface area contributed by atoms with Crippen LogP contribution >= 0.6 is 11.6 Å². The van der Waals surface area contributed by atoms with Crippen molar-refractivity contribution in [2.75, 3.05) is 6.61 Å². The molecule has 0 spiro atoms. The van der Waals surface area contributed by atoms with Crippen LogP contribution in [0.2, 0.25) is 5.28 Å². The first-order chi connectivity index (χ1) is 8.71. The van der Waals surface area contributed by atoms with Crippen molar-refractivity contribution in [2.45, 2.75) is 20.4 Å². The van der Waals surface area contributed by atoms with Crippen LogP contribution < -0.4 is 9.47 Å². The highest BCUT2D eigenvalue weighted by Gasteiger charge is 2.09. The molecule has 0 radical (unpaired) electrons. The van der Waals surface area contributed by atoms with Crippen LogP contribution in [0.15, 0.2) is 12.4 Å². The van der Waals surface area contributed by atoms with E-state index in [2.05, 4.69) is 20.1 Å². The minimum absolute atomic E-state index is 0.0198. The Kier molecular flexibility index (Phi) is 3.93. The predicted molar refractivity (Wildman–Crippen MR) is 64.0 cm³/mol. The van der Waals surface area contributed by atoms with Crippen LogP contribution in [0, 0.1) is 0 Å². The molecule has 18 heavy (non-hydrogen) atoms. The van der Waals surface area contributed by atoms with Crippen LogP contribution in [-0.4, -0.2) is 31.3 Å². The molecule has 2 rings (SSSR count). The molecule has 0 fully saturated rings. The Morgan fingerprint density at radius 3 is 2.67 bits per heavy atom. The summed E-state index contributed by atoms with van der Waals surface area (Å²) in [6, 6.07) is 0.212. The second-order valence-corrected chi connectivity index (χ2v) is 3.57. The van der Waals surface area contributed by atoms with E-state index in [1.54, 1.807) is 17.1 Å². The number of rotatable bonds is 5. The lowest BCUT2D eigenvalue weighted by molar-refractivity contribution is 0.303. The lowest BCUT2D eigenvalue weighted by atomic mass is 10.6. The average molecular weight is 270 g/mol. The van der Waals surface area contributed by atoms with Crippen LogP contribution in [0.25, 0.3) is 0 Å². The van der Waals surface area contributed by atoms with Gasteiger partial charge in [0.25, 0.3) is 0 Å². The maximum absolute atomic E-state index is 5.74. The highest BCUT2D eigenvalue weighted by molar-refractivity contribution is 6.28. The normalized spacial score (nSPS) is 10.4. The van der Waals surface area contributed by atoms with Crippen LogP contribution in [-0.2, 0) is 6.54 Å². The zero-order chi connectivity index (χ0) is 13.0. The van der Waals surface area contributed by atoms with Crippen molar-refractivity contribution in [3.05, 3.63) is 17.7 Å². The molecule has 0 atom stereocenters. The molecule has 0 unspecified atom stereocenters. The quantitative estimate of drug-likeness (QED) is 0.826. The number of nitrogens with zero attached hydrogens (tertiary/aromatic N) is 5. The molecule has 0 aliphatic heterocycles. The zero-order valence-corrected chi connectivity index (χ0v) is 10.8. The van der Waals surface area contributed by atoms with Crippen molar-refractivity contribution in [2.24, 2.45) is 0 Å². The summed E-state index contributed by atoms with van der Waals surface area (Å²) < 4.78 is 12.3. The van der Waals surface area contributed by atoms with Crippen molar-refractivity contribution < 1.29 is 9.47 Å². The van der Waals surface area contributed by atoms with E-state index in [4.69, 9.17) is 21.1 Å². The van der Waals surface area contributed by atoms with Gasteiger partial charge in [-0.3, -0.25) is 4.68 Å². The van der Waals surface area contributed by atoms with E-state index in [-0.39, 0.29) is 17.3 Å². The van der Waals surface area contributed by atoms with Gasteiger partial charge in [0.15, 0.2) is 5.75 Å². The van der Waals surface area contributed by atoms with Crippen molar-refractivity contribution in [1.82, 2.24) is 24.7 Å². The van der Waals surface area contributed by atoms with E-state index < -0.39 is 0 Å². The SMILES string of the molecule is CCOc1nc(Cl)nc(Oc2cnn(CC)c2)n1. The fourth-order valence-electron chi connectivity index (χ4n) is 1.23. The third kappa shape index (κ3) is 3.07. The van der Waals surface area contributed by atoms with Gasteiger partial charge < -0.3 is 9.47 Å². The van der Waals surface area contributed by atoms with E-state index in [9.17, 15) is 0 Å². The van der Waals surface area contributed by atoms with Crippen LogP contribution in [0.1, 0.15) is 13.8 Å². The molecular formula is C10H12ClN5O2. The van der Waals surface area contributed by atoms with Crippen molar-refractivity contribution in [1.29, 1.82) is 0 Å². The summed E-state index contributed by atoms with van der Waals surface area (Å²) in [5.41, 5.74) is 0. The highest BCUT2D eigenvalue weighted by Crippen LogP contribution is 2.19. The van der Waals surface area contributed by atoms with Gasteiger partial charge >= 0.3 is 12.0 Å². The predicted octanol–water partition coefficient (Wildman–Crippen LogP) is 1.93. The molecule has 2 heterocycles. The minimum atomic E-state index is 0.0198. The second kappa shape index (κ2) is 5.63. The topological polar surface area (TPSA) is 75.0 Å². The Labute approximate surface area is 109 Å². The molecule has 2 aromatic rings. The maximum atomic E-state index is 5.74. The van der Waals surface area contributed by atoms with Crippen molar-refractivity contribution >= 4 is 11.6 Å². The third-order valence-electron chi connectivity index (χ3n) is 1.98. The molecule has 2 aromatic heterocycles. The summed E-state index contributed by atoms with van der Waals surface area (Å²) in [5.74, 6) is 0.529. The molecule has 0 aliphatic rings. The monoisotopic (exact) mass is 269 g/mol. The first kappa shape index (κ1) is 12.6. The molecule has 0 aliphatic carbocycles. The largest absolute Gasteiger partial charge is 0.464 e. The van der Waals surface area contributed by atoms with E-state index >= 15 is 0 Å². The van der Waals surface area contributed by atoms with Gasteiger partial charge in [-0.05, 0) is 25.4 Å². The number of ether oxygens (including phenoxy) is 2. The first-order valence-corrected chi connectivity index (χ1v) is 5.83. The van der Waals surface area contributed by atoms with E-state index in [1.807, 2.05) is 13.8 Å². The van der Waals surface area contributed by atoms with Gasteiger partial charge in [-0.1, -0.05) is 0 Å². The molecule has 0 aromatic carbocycles. The Morgan fingerprint density at radius 1 is 1.22 bits per heavy atom. The zero-order valence-electron chi connectivity index (χ0n) is 10.00. The summed E-state index contributed by atoms with van der Waals surface area (Å²) in [5, 5.41) is 4.09. The molecule has 0 N–H and O–H groups in total. The molecule has 7 nitrogen and oxygen atoms in total. The van der Waals surface area contributed by atoms with E-state index in [0.717, 1.165) is 6.54 Å². The van der Waals surface area contributed by atoms with E-state index in [1.165, 1.54) is 0 Å². The van der Waals surface area contributed by atoms with Gasteiger partial charge in [-0.2, -0.15) is 15.1 Å². The molecule has 96 valence electrons. The van der Waals surface area contributed by atoms with Gasteiger partial charge in [0.1, 0.15) is 0 Å². The Bertz CT molecular complexity index is 531. The summed E-state index contributed by atoms with van der Waals surface area (Å²) in [6.07, 6.45) is 3.31. The Balaban J connectivity index is 2.17. The van der Waals surface area contributed by atoms with Crippen molar-refractivity contribution in [3.63, 3.8) is 0 Å². The Hall–Kier alpha value is -1.89. The number of hydrogen-bond donors (Lipinski definition) is 0. The lowest BCUT2D eigenvalue weighted by Gasteiger charge is -2.03. The number of halogens is 1. The fourth-order valence-corrected chi connectivity index (χ4v) is 1.37. The molecule has 8 heteroatoms. The highest BCUT2D eigenvalue weighted by atomic mass is 35.5. The summed E-state index contributed by atoms with van der Waals surface area (Å²) in [4.78, 5) is 11.6. The maximum Gasteiger partial charge on any atom is 0.329 e. The van der Waals surface area contributed by atoms with Gasteiger partial charge in [0.2, 0.25) is 5.28 Å². The number of hydrogen-bond acceptors (Lipinski definition) is 6. The van der Waals surface area contributed by atoms with Gasteiger partial charge in [-0.25, -0.2) is 0 Å². The summed E-state index contributed by atoms with van der Waals surface area (Å²) in [7, 11) is 0. The first-order valence-electron chi connectivity index (χ1n) is 5.46. The van der Waals surface area contributed by atoms with Gasteiger partial charge in [-0.15, -0.1) is 4.98 Å². The molecule has 0 saturated carbocycles. The molecule has 0 saturated heterocycles. The number of aryl methyl sites for hydroxylation is 1. The number of aromatic nitrogens is 5. The fraction of sp³-hybridized carbons (Fsp3) is 0.400. The second-order valence-electron chi connectivity index (χ2n) is 3.24. The minimum Gasteiger partial charge on any atom is -0.464 e. The Morgan fingerprint density at radius 2 is 2.00 bits per heavy atom. The van der Waals surface area contributed by atoms with Crippen molar-refractivity contribution in [3.8, 4) is 17.8 Å². The molecule has 0 bridgehead atoms. The smallest absolute Gasteiger partial charge is 0.329 e. The van der Waals surface area contributed by atoms with Gasteiger partial charge in [0.05, 0.1) is 19.0 Å². The van der Waals surface area contributed by atoms with Crippen LogP contribution in [0.5, 0.6) is 17.8 Å². The average Bonchev–Trinajstić information content (AvgIpc) is 2.76. The van der Waals surface area contributed by atoms with Crippen LogP contribution in [0.3, 0.4) is 0 Å². The van der Waals surface area contributed by atoms with Crippen LogP contribution in [0.4, 0.5) is 0 Å². The molecule has 0 amide bonds. The summed E-state index contributed by atoms with van der Waals surface area (Å²) >= 11 is 5.74. The standard InChI is InChI=1S/C10H12ClN5O2/c1-3-16-6-7(5-12-16)18-10-14-8(11)13-9(15-10)17-4-2/h5-6H,3-4H2,1-2H3.